The largest absolute Gasteiger partial charge is 0.509 e. The molecule has 2 unspecified atom stereocenters. The summed E-state index contributed by atoms with van der Waals surface area (Å²) < 4.78 is 31.1. The first-order valence-corrected chi connectivity index (χ1v) is 13.7. The second-order valence-electron chi connectivity index (χ2n) is 9.05. The quantitative estimate of drug-likeness (QED) is 0.398. The van der Waals surface area contributed by atoms with Gasteiger partial charge in [-0.1, -0.05) is 41.5 Å². The van der Waals surface area contributed by atoms with Crippen LogP contribution in [0, 0.1) is 0 Å². The monoisotopic (exact) mass is 408 g/mol. The molecule has 7 heteroatoms. The van der Waals surface area contributed by atoms with Gasteiger partial charge < -0.3 is 22.1 Å². The van der Waals surface area contributed by atoms with Gasteiger partial charge in [0.05, 0.1) is 16.7 Å². The molecule has 0 aliphatic heterocycles. The highest BCUT2D eigenvalue weighted by molar-refractivity contribution is 6.69. The molecule has 158 valence electrons. The van der Waals surface area contributed by atoms with Crippen LogP contribution in [-0.4, -0.2) is 50.4 Å². The Hall–Kier alpha value is 0.234. The minimum atomic E-state index is -3.03. The Morgan fingerprint density at radius 3 is 1.58 bits per heavy atom. The fourth-order valence-corrected chi connectivity index (χ4v) is 8.57. The van der Waals surface area contributed by atoms with E-state index in [-0.39, 0.29) is 16.7 Å². The molecule has 0 aromatic heterocycles. The lowest BCUT2D eigenvalue weighted by atomic mass is 10.1. The van der Waals surface area contributed by atoms with Crippen molar-refractivity contribution in [2.24, 2.45) is 0 Å². The summed E-state index contributed by atoms with van der Waals surface area (Å²) >= 11 is 0. The van der Waals surface area contributed by atoms with E-state index in [9.17, 15) is 0 Å². The van der Waals surface area contributed by atoms with Crippen molar-refractivity contribution in [2.45, 2.75) is 103 Å². The van der Waals surface area contributed by atoms with Crippen LogP contribution in [0.3, 0.4) is 0 Å². The van der Waals surface area contributed by atoms with Gasteiger partial charge in [0.25, 0.3) is 0 Å². The first kappa shape index (κ1) is 26.2. The minimum absolute atomic E-state index is 0.0139. The highest BCUT2D eigenvalue weighted by Crippen LogP contribution is 2.49. The lowest BCUT2D eigenvalue weighted by Crippen LogP contribution is -2.62. The first-order chi connectivity index (χ1) is 11.6. The lowest BCUT2D eigenvalue weighted by molar-refractivity contribution is -0.0297. The van der Waals surface area contributed by atoms with Crippen LogP contribution in [0.4, 0.5) is 0 Å². The SMILES string of the molecule is CCC(C)(C)O[Si](OC)(OC)C(C)(C)C(C)O[Si](C)(OC)C(C)(C)CC. The van der Waals surface area contributed by atoms with Crippen molar-refractivity contribution in [1.29, 1.82) is 0 Å². The van der Waals surface area contributed by atoms with Gasteiger partial charge in [0.15, 0.2) is 0 Å². The van der Waals surface area contributed by atoms with Crippen LogP contribution in [0.25, 0.3) is 0 Å². The fraction of sp³-hybridized carbons (Fsp3) is 1.00. The van der Waals surface area contributed by atoms with E-state index >= 15 is 0 Å². The summed E-state index contributed by atoms with van der Waals surface area (Å²) in [6.45, 7) is 21.3. The van der Waals surface area contributed by atoms with Gasteiger partial charge in [-0.15, -0.1) is 0 Å². The summed E-state index contributed by atoms with van der Waals surface area (Å²) in [7, 11) is -0.350. The molecule has 0 radical (unpaired) electrons. The molecule has 0 spiro atoms. The predicted octanol–water partition coefficient (Wildman–Crippen LogP) is 5.52. The Bertz CT molecular complexity index is 436. The van der Waals surface area contributed by atoms with Crippen LogP contribution < -0.4 is 0 Å². The van der Waals surface area contributed by atoms with Crippen molar-refractivity contribution < 1.29 is 22.1 Å². The third-order valence-electron chi connectivity index (χ3n) is 6.51. The van der Waals surface area contributed by atoms with E-state index in [0.29, 0.717) is 0 Å². The minimum Gasteiger partial charge on any atom is -0.397 e. The van der Waals surface area contributed by atoms with Crippen molar-refractivity contribution in [3.05, 3.63) is 0 Å². The third kappa shape index (κ3) is 5.18. The fourth-order valence-electron chi connectivity index (χ4n) is 2.80. The molecular weight excluding hydrogens is 364 g/mol. The Labute approximate surface area is 164 Å². The number of hydrogen-bond donors (Lipinski definition) is 0. The molecule has 0 bridgehead atoms. The van der Waals surface area contributed by atoms with Gasteiger partial charge in [-0.25, -0.2) is 0 Å². The van der Waals surface area contributed by atoms with Gasteiger partial charge in [0, 0.05) is 26.4 Å². The Morgan fingerprint density at radius 1 is 0.808 bits per heavy atom. The smallest absolute Gasteiger partial charge is 0.397 e. The third-order valence-corrected chi connectivity index (χ3v) is 14.8. The van der Waals surface area contributed by atoms with Crippen LogP contribution in [0.1, 0.15) is 75.2 Å². The summed E-state index contributed by atoms with van der Waals surface area (Å²) in [4.78, 5) is 0. The topological polar surface area (TPSA) is 46.2 Å². The summed E-state index contributed by atoms with van der Waals surface area (Å²) in [5.41, 5.74) is -0.333. The van der Waals surface area contributed by atoms with Crippen LogP contribution in [-0.2, 0) is 22.1 Å². The van der Waals surface area contributed by atoms with Crippen molar-refractivity contribution in [3.8, 4) is 0 Å². The zero-order chi connectivity index (χ0) is 21.0. The maximum absolute atomic E-state index is 6.68. The molecule has 2 atom stereocenters. The van der Waals surface area contributed by atoms with Gasteiger partial charge >= 0.3 is 17.4 Å². The summed E-state index contributed by atoms with van der Waals surface area (Å²) in [5.74, 6) is 0. The normalized spacial score (nSPS) is 17.9. The van der Waals surface area contributed by atoms with Gasteiger partial charge in [0.1, 0.15) is 0 Å². The molecule has 0 aliphatic carbocycles. The molecule has 0 N–H and O–H groups in total. The van der Waals surface area contributed by atoms with Crippen LogP contribution in [0.15, 0.2) is 0 Å². The second-order valence-corrected chi connectivity index (χ2v) is 16.4. The van der Waals surface area contributed by atoms with Gasteiger partial charge in [-0.05, 0) is 40.2 Å². The Morgan fingerprint density at radius 2 is 1.27 bits per heavy atom. The highest BCUT2D eigenvalue weighted by Gasteiger charge is 2.61. The van der Waals surface area contributed by atoms with E-state index in [4.69, 9.17) is 22.1 Å². The van der Waals surface area contributed by atoms with E-state index in [1.807, 2.05) is 0 Å². The van der Waals surface area contributed by atoms with E-state index in [0.717, 1.165) is 12.8 Å². The average Bonchev–Trinajstić information content (AvgIpc) is 2.58. The van der Waals surface area contributed by atoms with E-state index in [2.05, 4.69) is 68.9 Å². The molecule has 26 heavy (non-hydrogen) atoms. The molecular formula is C19H44O5Si2. The molecule has 0 fully saturated rings. The highest BCUT2D eigenvalue weighted by atomic mass is 28.4. The molecule has 0 rings (SSSR count). The predicted molar refractivity (Wildman–Crippen MR) is 113 cm³/mol. The van der Waals surface area contributed by atoms with Crippen molar-refractivity contribution in [1.82, 2.24) is 0 Å². The van der Waals surface area contributed by atoms with Gasteiger partial charge in [0.2, 0.25) is 0 Å². The molecule has 0 saturated carbocycles. The second kappa shape index (κ2) is 9.15. The average molecular weight is 409 g/mol. The summed E-state index contributed by atoms with van der Waals surface area (Å²) in [6.07, 6.45) is 1.71. The van der Waals surface area contributed by atoms with E-state index in [1.54, 1.807) is 21.3 Å². The molecule has 5 nitrogen and oxygen atoms in total. The summed E-state index contributed by atoms with van der Waals surface area (Å²) in [5, 5.41) is -0.459. The Kier molecular flexibility index (Phi) is 9.24. The standard InChI is InChI=1S/C19H44O5Si2/c1-14-17(4,5)24-26(21-11,22-12)19(8,9)16(3)23-25(13,20-10)18(6,7)15-2/h16H,14-15H2,1-13H3. The molecule has 0 aromatic rings. The van der Waals surface area contributed by atoms with Crippen molar-refractivity contribution >= 4 is 17.4 Å². The molecule has 0 aromatic carbocycles. The van der Waals surface area contributed by atoms with Gasteiger partial charge in [-0.3, -0.25) is 0 Å². The maximum atomic E-state index is 6.68. The van der Waals surface area contributed by atoms with Crippen molar-refractivity contribution in [2.75, 3.05) is 21.3 Å². The molecule has 0 amide bonds. The maximum Gasteiger partial charge on any atom is 0.509 e. The van der Waals surface area contributed by atoms with Gasteiger partial charge in [-0.2, -0.15) is 0 Å². The molecule has 0 heterocycles. The van der Waals surface area contributed by atoms with Crippen LogP contribution >= 0.6 is 0 Å². The van der Waals surface area contributed by atoms with Crippen molar-refractivity contribution in [3.63, 3.8) is 0 Å². The number of hydrogen-bond acceptors (Lipinski definition) is 5. The lowest BCUT2D eigenvalue weighted by Gasteiger charge is -2.49. The Balaban J connectivity index is 5.86. The molecule has 0 saturated heterocycles. The van der Waals surface area contributed by atoms with Crippen LogP contribution in [0.2, 0.25) is 16.6 Å². The zero-order valence-electron chi connectivity index (χ0n) is 19.5. The van der Waals surface area contributed by atoms with E-state index in [1.165, 1.54) is 0 Å². The van der Waals surface area contributed by atoms with Crippen LogP contribution in [0.5, 0.6) is 0 Å². The summed E-state index contributed by atoms with van der Waals surface area (Å²) in [6, 6.07) is 0. The first-order valence-electron chi connectivity index (χ1n) is 9.67. The molecule has 0 aliphatic rings. The number of rotatable bonds is 12. The zero-order valence-corrected chi connectivity index (χ0v) is 21.5. The van der Waals surface area contributed by atoms with E-state index < -0.39 is 22.4 Å².